The Kier molecular flexibility index (Phi) is 7.23. The van der Waals surface area contributed by atoms with Gasteiger partial charge in [0, 0.05) is 11.4 Å². The minimum atomic E-state index is -0.536. The molecule has 0 aromatic heterocycles. The van der Waals surface area contributed by atoms with Crippen molar-refractivity contribution in [3.8, 4) is 11.8 Å². The van der Waals surface area contributed by atoms with Crippen LogP contribution in [0.4, 0.5) is 11.4 Å². The number of carbonyl (C=O) groups excluding carboxylic acids is 2. The molecule has 0 saturated carbocycles. The third kappa shape index (κ3) is 5.08. The zero-order valence-corrected chi connectivity index (χ0v) is 20.6. The molecule has 176 valence electrons. The lowest BCUT2D eigenvalue weighted by molar-refractivity contribution is -0.117. The smallest absolute Gasteiger partial charge is 0.269 e. The summed E-state index contributed by atoms with van der Waals surface area (Å²) in [5, 5.41) is 12.8. The van der Waals surface area contributed by atoms with Crippen molar-refractivity contribution in [2.75, 3.05) is 17.3 Å². The Morgan fingerprint density at radius 3 is 2.29 bits per heavy atom. The van der Waals surface area contributed by atoms with E-state index >= 15 is 0 Å². The first-order valence-corrected chi connectivity index (χ1v) is 12.0. The van der Waals surface area contributed by atoms with Gasteiger partial charge in [0.1, 0.15) is 22.4 Å². The third-order valence-corrected chi connectivity index (χ3v) is 7.08. The maximum Gasteiger partial charge on any atom is 0.269 e. The number of anilines is 2. The highest BCUT2D eigenvalue weighted by atomic mass is 32.2. The molecule has 0 bridgehead atoms. The van der Waals surface area contributed by atoms with Crippen LogP contribution >= 0.6 is 11.8 Å². The van der Waals surface area contributed by atoms with E-state index in [0.29, 0.717) is 22.8 Å². The van der Waals surface area contributed by atoms with Crippen molar-refractivity contribution in [3.63, 3.8) is 0 Å². The second-order valence-electron chi connectivity index (χ2n) is 8.18. The number of hydrogen-bond donors (Lipinski definition) is 1. The van der Waals surface area contributed by atoms with Crippen LogP contribution in [0.3, 0.4) is 0 Å². The average molecular weight is 484 g/mol. The molecule has 35 heavy (non-hydrogen) atoms. The van der Waals surface area contributed by atoms with Crippen LogP contribution in [-0.4, -0.2) is 24.2 Å². The first-order valence-electron chi connectivity index (χ1n) is 11.1. The van der Waals surface area contributed by atoms with Gasteiger partial charge in [-0.1, -0.05) is 60.3 Å². The molecule has 0 radical (unpaired) electrons. The second-order valence-corrected chi connectivity index (χ2v) is 9.37. The predicted molar refractivity (Wildman–Crippen MR) is 139 cm³/mol. The summed E-state index contributed by atoms with van der Waals surface area (Å²) in [6, 6.07) is 24.4. The summed E-state index contributed by atoms with van der Waals surface area (Å²) in [7, 11) is 1.60. The van der Waals surface area contributed by atoms with Gasteiger partial charge in [-0.2, -0.15) is 5.26 Å². The fourth-order valence-electron chi connectivity index (χ4n) is 3.96. The van der Waals surface area contributed by atoms with Crippen molar-refractivity contribution in [2.24, 2.45) is 0 Å². The van der Waals surface area contributed by atoms with Crippen LogP contribution in [0, 0.1) is 25.2 Å². The molecule has 3 aromatic carbocycles. The SMILES string of the molecule is COc1ccc(C[C@@H]2S/C(=C(\C#N)C(=O)Nc3c(C)cccc3C)N(c3ccccc3)C2=O)cc1. The summed E-state index contributed by atoms with van der Waals surface area (Å²) in [6.45, 7) is 3.80. The number of nitrogens with zero attached hydrogens (tertiary/aromatic N) is 2. The van der Waals surface area contributed by atoms with Gasteiger partial charge in [-0.25, -0.2) is 0 Å². The summed E-state index contributed by atoms with van der Waals surface area (Å²) in [5.41, 5.74) is 3.95. The fraction of sp³-hybridized carbons (Fsp3) is 0.179. The Bertz CT molecular complexity index is 1310. The summed E-state index contributed by atoms with van der Waals surface area (Å²) in [6.07, 6.45) is 0.456. The average Bonchev–Trinajstić information content (AvgIpc) is 3.18. The summed E-state index contributed by atoms with van der Waals surface area (Å²) < 4.78 is 5.22. The first kappa shape index (κ1) is 24.1. The summed E-state index contributed by atoms with van der Waals surface area (Å²) in [5.74, 6) is 0.0338. The van der Waals surface area contributed by atoms with Gasteiger partial charge in [-0.15, -0.1) is 0 Å². The molecule has 1 saturated heterocycles. The molecular weight excluding hydrogens is 458 g/mol. The molecule has 4 rings (SSSR count). The quantitative estimate of drug-likeness (QED) is 0.376. The number of ether oxygens (including phenoxy) is 1. The topological polar surface area (TPSA) is 82.4 Å². The monoisotopic (exact) mass is 483 g/mol. The number of aryl methyl sites for hydroxylation is 2. The van der Waals surface area contributed by atoms with Crippen LogP contribution in [0.25, 0.3) is 0 Å². The lowest BCUT2D eigenvalue weighted by Gasteiger charge is -2.19. The van der Waals surface area contributed by atoms with Gasteiger partial charge in [0.25, 0.3) is 5.91 Å². The van der Waals surface area contributed by atoms with E-state index in [4.69, 9.17) is 4.74 Å². The number of para-hydroxylation sites is 2. The molecule has 6 nitrogen and oxygen atoms in total. The number of benzene rings is 3. The van der Waals surface area contributed by atoms with Gasteiger partial charge in [-0.3, -0.25) is 14.5 Å². The van der Waals surface area contributed by atoms with E-state index in [-0.39, 0.29) is 11.5 Å². The Hall–Kier alpha value is -4.02. The van der Waals surface area contributed by atoms with Crippen LogP contribution in [-0.2, 0) is 16.0 Å². The van der Waals surface area contributed by atoms with E-state index in [0.717, 1.165) is 22.4 Å². The number of thioether (sulfide) groups is 1. The van der Waals surface area contributed by atoms with Gasteiger partial charge < -0.3 is 10.1 Å². The van der Waals surface area contributed by atoms with Crippen LogP contribution in [0.15, 0.2) is 83.4 Å². The van der Waals surface area contributed by atoms with E-state index in [2.05, 4.69) is 11.4 Å². The molecule has 1 N–H and O–H groups in total. The van der Waals surface area contributed by atoms with E-state index < -0.39 is 11.2 Å². The molecule has 0 spiro atoms. The number of carbonyl (C=O) groups is 2. The fourth-order valence-corrected chi connectivity index (χ4v) is 5.27. The standard InChI is InChI=1S/C28H25N3O3S/c1-18-8-7-9-19(2)25(18)30-26(32)23(17-29)28-31(21-10-5-4-6-11-21)27(33)24(35-28)16-20-12-14-22(34-3)15-13-20/h4-15,24H,16H2,1-3H3,(H,30,32)/b28-23+/t24-/m0/s1. The lowest BCUT2D eigenvalue weighted by Crippen LogP contribution is -2.31. The van der Waals surface area contributed by atoms with Crippen molar-refractivity contribution < 1.29 is 14.3 Å². The highest BCUT2D eigenvalue weighted by molar-refractivity contribution is 8.05. The number of hydrogen-bond acceptors (Lipinski definition) is 5. The van der Waals surface area contributed by atoms with E-state index in [1.807, 2.05) is 74.5 Å². The molecule has 7 heteroatoms. The van der Waals surface area contributed by atoms with Crippen molar-refractivity contribution in [1.82, 2.24) is 0 Å². The highest BCUT2D eigenvalue weighted by Crippen LogP contribution is 2.42. The molecule has 1 fully saturated rings. The number of methoxy groups -OCH3 is 1. The normalized spacial score (nSPS) is 16.6. The maximum atomic E-state index is 13.6. The Balaban J connectivity index is 1.71. The van der Waals surface area contributed by atoms with Crippen LogP contribution in [0.2, 0.25) is 0 Å². The lowest BCUT2D eigenvalue weighted by atomic mass is 10.1. The Morgan fingerprint density at radius 1 is 1.03 bits per heavy atom. The Labute approximate surface area is 209 Å². The number of amides is 2. The van der Waals surface area contributed by atoms with Crippen molar-refractivity contribution in [1.29, 1.82) is 5.26 Å². The zero-order chi connectivity index (χ0) is 24.9. The molecule has 0 aliphatic carbocycles. The van der Waals surface area contributed by atoms with Crippen LogP contribution in [0.1, 0.15) is 16.7 Å². The van der Waals surface area contributed by atoms with Gasteiger partial charge in [0.2, 0.25) is 5.91 Å². The van der Waals surface area contributed by atoms with Gasteiger partial charge in [0.05, 0.1) is 12.4 Å². The molecule has 2 amide bonds. The number of rotatable bonds is 6. The number of nitrogens with one attached hydrogen (secondary N) is 1. The van der Waals surface area contributed by atoms with Gasteiger partial charge in [-0.05, 0) is 61.2 Å². The Morgan fingerprint density at radius 2 is 1.69 bits per heavy atom. The van der Waals surface area contributed by atoms with E-state index in [1.54, 1.807) is 19.2 Å². The molecule has 3 aromatic rings. The molecule has 1 aliphatic heterocycles. The largest absolute Gasteiger partial charge is 0.497 e. The van der Waals surface area contributed by atoms with Gasteiger partial charge >= 0.3 is 0 Å². The molecule has 1 aliphatic rings. The second kappa shape index (κ2) is 10.5. The van der Waals surface area contributed by atoms with E-state index in [1.165, 1.54) is 16.7 Å². The van der Waals surface area contributed by atoms with Crippen molar-refractivity contribution in [3.05, 3.63) is 100 Å². The summed E-state index contributed by atoms with van der Waals surface area (Å²) >= 11 is 1.25. The minimum Gasteiger partial charge on any atom is -0.497 e. The molecule has 1 heterocycles. The third-order valence-electron chi connectivity index (χ3n) is 5.82. The summed E-state index contributed by atoms with van der Waals surface area (Å²) in [4.78, 5) is 28.3. The first-order chi connectivity index (χ1) is 16.9. The van der Waals surface area contributed by atoms with E-state index in [9.17, 15) is 14.9 Å². The van der Waals surface area contributed by atoms with Gasteiger partial charge in [0.15, 0.2) is 0 Å². The molecule has 1 atom stereocenters. The minimum absolute atomic E-state index is 0.0907. The highest BCUT2D eigenvalue weighted by Gasteiger charge is 2.40. The van der Waals surface area contributed by atoms with Crippen molar-refractivity contribution >= 4 is 35.0 Å². The molecule has 0 unspecified atom stereocenters. The van der Waals surface area contributed by atoms with Crippen LogP contribution < -0.4 is 15.0 Å². The predicted octanol–water partition coefficient (Wildman–Crippen LogP) is 5.38. The molecular formula is C28H25N3O3S. The van der Waals surface area contributed by atoms with Crippen LogP contribution in [0.5, 0.6) is 5.75 Å². The number of nitriles is 1. The maximum absolute atomic E-state index is 13.6. The zero-order valence-electron chi connectivity index (χ0n) is 19.7. The van der Waals surface area contributed by atoms with Crippen molar-refractivity contribution in [2.45, 2.75) is 25.5 Å².